The van der Waals surface area contributed by atoms with Crippen molar-refractivity contribution in [2.45, 2.75) is 0 Å². The minimum absolute atomic E-state index is 0.200. The quantitative estimate of drug-likeness (QED) is 0.643. The van der Waals surface area contributed by atoms with Crippen molar-refractivity contribution in [3.8, 4) is 0 Å². The smallest absolute Gasteiger partial charge is 0.338 e. The van der Waals surface area contributed by atoms with E-state index in [1.165, 1.54) is 7.11 Å². The number of rotatable bonds is 3. The first kappa shape index (κ1) is 13.5. The second-order valence-electron chi connectivity index (χ2n) is 3.87. The van der Waals surface area contributed by atoms with E-state index in [2.05, 4.69) is 20.7 Å². The molecule has 96 valence electrons. The minimum Gasteiger partial charge on any atom is -0.465 e. The maximum Gasteiger partial charge on any atom is 0.338 e. The largest absolute Gasteiger partial charge is 0.465 e. The average Bonchev–Trinajstić information content (AvgIpc) is 2.46. The molecule has 0 fully saturated rings. The van der Waals surface area contributed by atoms with E-state index >= 15 is 0 Å². The van der Waals surface area contributed by atoms with Gasteiger partial charge in [0.15, 0.2) is 5.78 Å². The molecule has 19 heavy (non-hydrogen) atoms. The van der Waals surface area contributed by atoms with Crippen LogP contribution in [0.25, 0.3) is 0 Å². The number of carbonyl (C=O) groups is 2. The van der Waals surface area contributed by atoms with E-state index < -0.39 is 5.97 Å². The fourth-order valence-corrected chi connectivity index (χ4v) is 1.99. The Balaban J connectivity index is 2.44. The van der Waals surface area contributed by atoms with E-state index in [1.54, 1.807) is 48.5 Å². The lowest BCUT2D eigenvalue weighted by Gasteiger charge is -2.07. The summed E-state index contributed by atoms with van der Waals surface area (Å²) in [5.41, 5.74) is 1.15. The maximum absolute atomic E-state index is 12.4. The average molecular weight is 319 g/mol. The summed E-state index contributed by atoms with van der Waals surface area (Å²) >= 11 is 3.31. The molecule has 0 bridgehead atoms. The summed E-state index contributed by atoms with van der Waals surface area (Å²) in [6.45, 7) is 0. The first-order valence-corrected chi connectivity index (χ1v) is 6.40. The molecule has 0 aliphatic heterocycles. The number of benzene rings is 2. The summed E-state index contributed by atoms with van der Waals surface area (Å²) in [5, 5.41) is 0. The van der Waals surface area contributed by atoms with Crippen LogP contribution in [0.4, 0.5) is 0 Å². The van der Waals surface area contributed by atoms with E-state index in [0.29, 0.717) is 11.1 Å². The van der Waals surface area contributed by atoms with Crippen LogP contribution in [0.2, 0.25) is 0 Å². The number of halogens is 1. The van der Waals surface area contributed by atoms with Gasteiger partial charge in [-0.15, -0.1) is 0 Å². The highest BCUT2D eigenvalue weighted by Crippen LogP contribution is 2.17. The van der Waals surface area contributed by atoms with Gasteiger partial charge in [-0.2, -0.15) is 0 Å². The monoisotopic (exact) mass is 318 g/mol. The molecule has 3 nitrogen and oxygen atoms in total. The molecule has 2 aromatic rings. The predicted molar refractivity (Wildman–Crippen MR) is 75.4 cm³/mol. The van der Waals surface area contributed by atoms with Crippen molar-refractivity contribution in [1.29, 1.82) is 0 Å². The first-order valence-electron chi connectivity index (χ1n) is 5.61. The van der Waals surface area contributed by atoms with Crippen LogP contribution in [0.5, 0.6) is 0 Å². The van der Waals surface area contributed by atoms with Crippen molar-refractivity contribution in [1.82, 2.24) is 0 Å². The summed E-state index contributed by atoms with van der Waals surface area (Å²) in [4.78, 5) is 24.0. The molecular weight excluding hydrogens is 308 g/mol. The molecule has 0 radical (unpaired) electrons. The molecule has 4 heteroatoms. The Morgan fingerprint density at radius 1 is 0.947 bits per heavy atom. The Bertz CT molecular complexity index is 618. The van der Waals surface area contributed by atoms with Crippen LogP contribution in [-0.2, 0) is 4.74 Å². The van der Waals surface area contributed by atoms with Gasteiger partial charge in [0.2, 0.25) is 0 Å². The summed E-state index contributed by atoms with van der Waals surface area (Å²) in [6.07, 6.45) is 0. The third kappa shape index (κ3) is 2.90. The number of ketones is 1. The molecule has 0 unspecified atom stereocenters. The zero-order valence-electron chi connectivity index (χ0n) is 10.2. The highest BCUT2D eigenvalue weighted by molar-refractivity contribution is 9.10. The van der Waals surface area contributed by atoms with Crippen LogP contribution in [0.3, 0.4) is 0 Å². The number of methoxy groups -OCH3 is 1. The van der Waals surface area contributed by atoms with Gasteiger partial charge in [0, 0.05) is 15.6 Å². The topological polar surface area (TPSA) is 43.4 Å². The number of esters is 1. The van der Waals surface area contributed by atoms with Gasteiger partial charge in [-0.1, -0.05) is 34.1 Å². The molecule has 2 aromatic carbocycles. The van der Waals surface area contributed by atoms with Crippen molar-refractivity contribution in [2.24, 2.45) is 0 Å². The third-order valence-corrected chi connectivity index (χ3v) is 3.21. The van der Waals surface area contributed by atoms with E-state index in [1.807, 2.05) is 0 Å². The molecule has 2 rings (SSSR count). The number of hydrogen-bond donors (Lipinski definition) is 0. The highest BCUT2D eigenvalue weighted by atomic mass is 79.9. The molecule has 0 aromatic heterocycles. The molecule has 0 N–H and O–H groups in total. The zero-order chi connectivity index (χ0) is 13.8. The van der Waals surface area contributed by atoms with E-state index in [-0.39, 0.29) is 11.3 Å². The molecule has 0 aliphatic rings. The van der Waals surface area contributed by atoms with Crippen LogP contribution < -0.4 is 0 Å². The Morgan fingerprint density at radius 2 is 1.53 bits per heavy atom. The van der Waals surface area contributed by atoms with E-state index in [4.69, 9.17) is 0 Å². The number of carbonyl (C=O) groups excluding carboxylic acids is 2. The van der Waals surface area contributed by atoms with Crippen molar-refractivity contribution < 1.29 is 14.3 Å². The molecule has 0 saturated heterocycles. The Morgan fingerprint density at radius 3 is 2.11 bits per heavy atom. The lowest BCUT2D eigenvalue weighted by molar-refractivity contribution is 0.0597. The minimum atomic E-state index is -0.513. The second-order valence-corrected chi connectivity index (χ2v) is 4.79. The SMILES string of the molecule is COC(=O)c1ccccc1C(=O)c1ccc(Br)cc1. The summed E-state index contributed by atoms with van der Waals surface area (Å²) in [7, 11) is 1.29. The molecule has 0 saturated carbocycles. The van der Waals surface area contributed by atoms with Crippen LogP contribution in [0.1, 0.15) is 26.3 Å². The number of hydrogen-bond acceptors (Lipinski definition) is 3. The lowest BCUT2D eigenvalue weighted by Crippen LogP contribution is -2.11. The Labute approximate surface area is 119 Å². The molecular formula is C15H11BrO3. The Hall–Kier alpha value is -1.94. The fourth-order valence-electron chi connectivity index (χ4n) is 1.73. The van der Waals surface area contributed by atoms with Crippen LogP contribution >= 0.6 is 15.9 Å². The first-order chi connectivity index (χ1) is 9.13. The van der Waals surface area contributed by atoms with Crippen LogP contribution in [-0.4, -0.2) is 18.9 Å². The van der Waals surface area contributed by atoms with Crippen LogP contribution in [0, 0.1) is 0 Å². The Kier molecular flexibility index (Phi) is 4.12. The maximum atomic E-state index is 12.4. The fraction of sp³-hybridized carbons (Fsp3) is 0.0667. The van der Waals surface area contributed by atoms with Gasteiger partial charge in [0.25, 0.3) is 0 Å². The lowest BCUT2D eigenvalue weighted by atomic mass is 9.98. The molecule has 0 spiro atoms. The molecule has 0 heterocycles. The van der Waals surface area contributed by atoms with Crippen molar-refractivity contribution in [2.75, 3.05) is 7.11 Å². The summed E-state index contributed by atoms with van der Waals surface area (Å²) < 4.78 is 5.58. The standard InChI is InChI=1S/C15H11BrO3/c1-19-15(18)13-5-3-2-4-12(13)14(17)10-6-8-11(16)9-7-10/h2-9H,1H3. The summed E-state index contributed by atoms with van der Waals surface area (Å²) in [5.74, 6) is -0.713. The van der Waals surface area contributed by atoms with Crippen molar-refractivity contribution >= 4 is 27.7 Å². The molecule has 0 aliphatic carbocycles. The predicted octanol–water partition coefficient (Wildman–Crippen LogP) is 3.47. The molecule has 0 atom stereocenters. The van der Waals surface area contributed by atoms with Crippen molar-refractivity contribution in [3.63, 3.8) is 0 Å². The second kappa shape index (κ2) is 5.80. The third-order valence-electron chi connectivity index (χ3n) is 2.68. The van der Waals surface area contributed by atoms with Gasteiger partial charge < -0.3 is 4.74 Å². The normalized spacial score (nSPS) is 10.0. The van der Waals surface area contributed by atoms with Crippen molar-refractivity contribution in [3.05, 3.63) is 69.7 Å². The molecule has 0 amide bonds. The van der Waals surface area contributed by atoms with Gasteiger partial charge in [-0.25, -0.2) is 4.79 Å². The number of ether oxygens (including phenoxy) is 1. The van der Waals surface area contributed by atoms with Gasteiger partial charge in [-0.3, -0.25) is 4.79 Å². The van der Waals surface area contributed by atoms with Gasteiger partial charge in [0.1, 0.15) is 0 Å². The van der Waals surface area contributed by atoms with Gasteiger partial charge in [0.05, 0.1) is 12.7 Å². The summed E-state index contributed by atoms with van der Waals surface area (Å²) in [6, 6.07) is 13.6. The van der Waals surface area contributed by atoms with E-state index in [0.717, 1.165) is 4.47 Å². The van der Waals surface area contributed by atoms with E-state index in [9.17, 15) is 9.59 Å². The highest BCUT2D eigenvalue weighted by Gasteiger charge is 2.18. The van der Waals surface area contributed by atoms with Gasteiger partial charge >= 0.3 is 5.97 Å². The van der Waals surface area contributed by atoms with Gasteiger partial charge in [-0.05, 0) is 30.3 Å². The van der Waals surface area contributed by atoms with Crippen LogP contribution in [0.15, 0.2) is 53.0 Å². The zero-order valence-corrected chi connectivity index (χ0v) is 11.8.